The minimum absolute atomic E-state index is 0.168. The van der Waals surface area contributed by atoms with Crippen LogP contribution in [0.1, 0.15) is 22.9 Å². The summed E-state index contributed by atoms with van der Waals surface area (Å²) in [5.74, 6) is 0.966. The SMILES string of the molecule is CNC(c1ccoc1C)c1csc2c(Br)cccc12. The second kappa shape index (κ2) is 5.12. The summed E-state index contributed by atoms with van der Waals surface area (Å²) in [6.07, 6.45) is 1.75. The maximum atomic E-state index is 5.44. The van der Waals surface area contributed by atoms with E-state index in [2.05, 4.69) is 44.8 Å². The average Bonchev–Trinajstić information content (AvgIpc) is 3.00. The highest BCUT2D eigenvalue weighted by Crippen LogP contribution is 2.37. The predicted molar refractivity (Wildman–Crippen MR) is 83.9 cm³/mol. The van der Waals surface area contributed by atoms with E-state index in [1.54, 1.807) is 17.6 Å². The number of thiophene rings is 1. The predicted octanol–water partition coefficient (Wildman–Crippen LogP) is 4.87. The number of aryl methyl sites for hydroxylation is 1. The molecule has 0 fully saturated rings. The number of fused-ring (bicyclic) bond motifs is 1. The fourth-order valence-corrected chi connectivity index (χ4v) is 4.09. The van der Waals surface area contributed by atoms with Crippen molar-refractivity contribution in [2.24, 2.45) is 0 Å². The van der Waals surface area contributed by atoms with Crippen molar-refractivity contribution in [3.8, 4) is 0 Å². The van der Waals surface area contributed by atoms with Crippen molar-refractivity contribution in [2.45, 2.75) is 13.0 Å². The normalized spacial score (nSPS) is 13.0. The second-order valence-electron chi connectivity index (χ2n) is 4.46. The number of halogens is 1. The molecule has 0 saturated heterocycles. The molecule has 0 aliphatic carbocycles. The zero-order chi connectivity index (χ0) is 13.4. The van der Waals surface area contributed by atoms with Crippen LogP contribution in [0, 0.1) is 6.92 Å². The summed E-state index contributed by atoms with van der Waals surface area (Å²) < 4.78 is 7.88. The molecule has 3 rings (SSSR count). The number of benzene rings is 1. The van der Waals surface area contributed by atoms with Crippen molar-refractivity contribution in [2.75, 3.05) is 7.05 Å². The Bertz CT molecular complexity index is 716. The summed E-state index contributed by atoms with van der Waals surface area (Å²) in [6.45, 7) is 2.00. The first kappa shape index (κ1) is 12.9. The third-order valence-electron chi connectivity index (χ3n) is 3.39. The van der Waals surface area contributed by atoms with Crippen LogP contribution in [0.2, 0.25) is 0 Å². The highest BCUT2D eigenvalue weighted by molar-refractivity contribution is 9.10. The second-order valence-corrected chi connectivity index (χ2v) is 6.20. The fraction of sp³-hybridized carbons (Fsp3) is 0.200. The first-order valence-corrected chi connectivity index (χ1v) is 7.76. The van der Waals surface area contributed by atoms with Crippen molar-refractivity contribution >= 4 is 37.4 Å². The van der Waals surface area contributed by atoms with Crippen LogP contribution in [-0.4, -0.2) is 7.05 Å². The quantitative estimate of drug-likeness (QED) is 0.738. The smallest absolute Gasteiger partial charge is 0.105 e. The lowest BCUT2D eigenvalue weighted by Gasteiger charge is -2.15. The van der Waals surface area contributed by atoms with Crippen molar-refractivity contribution in [1.82, 2.24) is 5.32 Å². The molecule has 2 aromatic heterocycles. The molecule has 0 aliphatic heterocycles. The van der Waals surface area contributed by atoms with Crippen LogP contribution in [-0.2, 0) is 0 Å². The van der Waals surface area contributed by atoms with E-state index in [-0.39, 0.29) is 6.04 Å². The third-order valence-corrected chi connectivity index (χ3v) is 5.36. The molecule has 1 aromatic carbocycles. The zero-order valence-corrected chi connectivity index (χ0v) is 13.1. The molecule has 0 saturated carbocycles. The van der Waals surface area contributed by atoms with Crippen molar-refractivity contribution in [3.63, 3.8) is 0 Å². The van der Waals surface area contributed by atoms with E-state index in [0.717, 1.165) is 10.2 Å². The van der Waals surface area contributed by atoms with Crippen LogP contribution in [0.5, 0.6) is 0 Å². The lowest BCUT2D eigenvalue weighted by molar-refractivity contribution is 0.523. The monoisotopic (exact) mass is 335 g/mol. The molecule has 0 amide bonds. The number of hydrogen-bond acceptors (Lipinski definition) is 3. The molecule has 19 heavy (non-hydrogen) atoms. The molecule has 1 unspecified atom stereocenters. The lowest BCUT2D eigenvalue weighted by Crippen LogP contribution is -2.17. The largest absolute Gasteiger partial charge is 0.469 e. The summed E-state index contributed by atoms with van der Waals surface area (Å²) in [5, 5.41) is 6.91. The Morgan fingerprint density at radius 2 is 2.11 bits per heavy atom. The van der Waals surface area contributed by atoms with E-state index in [0.29, 0.717) is 0 Å². The minimum Gasteiger partial charge on any atom is -0.469 e. The van der Waals surface area contributed by atoms with E-state index >= 15 is 0 Å². The van der Waals surface area contributed by atoms with Crippen LogP contribution in [0.3, 0.4) is 0 Å². The van der Waals surface area contributed by atoms with Crippen molar-refractivity contribution < 1.29 is 4.42 Å². The molecule has 1 N–H and O–H groups in total. The van der Waals surface area contributed by atoms with Crippen molar-refractivity contribution in [1.29, 1.82) is 0 Å². The van der Waals surface area contributed by atoms with Gasteiger partial charge in [0.15, 0.2) is 0 Å². The number of furan rings is 1. The Morgan fingerprint density at radius 3 is 2.79 bits per heavy atom. The molecule has 2 nitrogen and oxygen atoms in total. The molecule has 98 valence electrons. The summed E-state index contributed by atoms with van der Waals surface area (Å²) in [7, 11) is 1.98. The van der Waals surface area contributed by atoms with Crippen LogP contribution in [0.25, 0.3) is 10.1 Å². The van der Waals surface area contributed by atoms with Gasteiger partial charge in [-0.15, -0.1) is 11.3 Å². The third kappa shape index (κ3) is 2.14. The Balaban J connectivity index is 2.18. The fourth-order valence-electron chi connectivity index (χ4n) is 2.44. The highest BCUT2D eigenvalue weighted by atomic mass is 79.9. The lowest BCUT2D eigenvalue weighted by atomic mass is 9.99. The van der Waals surface area contributed by atoms with Gasteiger partial charge in [-0.1, -0.05) is 12.1 Å². The number of rotatable bonds is 3. The van der Waals surface area contributed by atoms with Gasteiger partial charge in [-0.3, -0.25) is 0 Å². The first-order valence-electron chi connectivity index (χ1n) is 6.09. The van der Waals surface area contributed by atoms with Crippen LogP contribution in [0.4, 0.5) is 0 Å². The first-order chi connectivity index (χ1) is 9.22. The Morgan fingerprint density at radius 1 is 1.26 bits per heavy atom. The zero-order valence-electron chi connectivity index (χ0n) is 10.7. The summed E-state index contributed by atoms with van der Waals surface area (Å²) in [4.78, 5) is 0. The maximum absolute atomic E-state index is 5.44. The van der Waals surface area contributed by atoms with E-state index in [1.165, 1.54) is 21.2 Å². The summed E-state index contributed by atoms with van der Waals surface area (Å²) in [6, 6.07) is 8.54. The van der Waals surface area contributed by atoms with Gasteiger partial charge >= 0.3 is 0 Å². The van der Waals surface area contributed by atoms with Crippen LogP contribution >= 0.6 is 27.3 Å². The van der Waals surface area contributed by atoms with E-state index in [4.69, 9.17) is 4.42 Å². The van der Waals surface area contributed by atoms with Gasteiger partial charge in [0.05, 0.1) is 12.3 Å². The van der Waals surface area contributed by atoms with Gasteiger partial charge in [0.2, 0.25) is 0 Å². The van der Waals surface area contributed by atoms with Gasteiger partial charge < -0.3 is 9.73 Å². The molecule has 0 radical (unpaired) electrons. The van der Waals surface area contributed by atoms with Gasteiger partial charge in [0.25, 0.3) is 0 Å². The minimum atomic E-state index is 0.168. The molecule has 0 bridgehead atoms. The molecule has 4 heteroatoms. The summed E-state index contributed by atoms with van der Waals surface area (Å²) >= 11 is 5.39. The van der Waals surface area contributed by atoms with E-state index in [1.807, 2.05) is 20.0 Å². The highest BCUT2D eigenvalue weighted by Gasteiger charge is 2.20. The molecular weight excluding hydrogens is 322 g/mol. The standard InChI is InChI=1S/C15H14BrNOS/c1-9-10(6-7-18-9)14(17-2)12-8-19-15-11(12)4-3-5-13(15)16/h3-8,14,17H,1-2H3. The average molecular weight is 336 g/mol. The van der Waals surface area contributed by atoms with Gasteiger partial charge in [-0.05, 0) is 58.4 Å². The Hall–Kier alpha value is -1.10. The summed E-state index contributed by atoms with van der Waals surface area (Å²) in [5.41, 5.74) is 2.50. The molecule has 1 atom stereocenters. The van der Waals surface area contributed by atoms with Crippen LogP contribution < -0.4 is 5.32 Å². The van der Waals surface area contributed by atoms with Gasteiger partial charge in [-0.25, -0.2) is 0 Å². The Labute approximate surface area is 124 Å². The topological polar surface area (TPSA) is 25.2 Å². The number of hydrogen-bond donors (Lipinski definition) is 1. The number of nitrogens with one attached hydrogen (secondary N) is 1. The molecule has 0 aliphatic rings. The van der Waals surface area contributed by atoms with Crippen LogP contribution in [0.15, 0.2) is 44.8 Å². The van der Waals surface area contributed by atoms with Gasteiger partial charge in [0.1, 0.15) is 5.76 Å². The van der Waals surface area contributed by atoms with Gasteiger partial charge in [-0.2, -0.15) is 0 Å². The Kier molecular flexibility index (Phi) is 3.48. The van der Waals surface area contributed by atoms with Crippen molar-refractivity contribution in [3.05, 3.63) is 57.3 Å². The maximum Gasteiger partial charge on any atom is 0.105 e. The van der Waals surface area contributed by atoms with E-state index in [9.17, 15) is 0 Å². The molecular formula is C15H14BrNOS. The molecule has 3 aromatic rings. The molecule has 2 heterocycles. The van der Waals surface area contributed by atoms with Gasteiger partial charge in [0, 0.05) is 14.7 Å². The van der Waals surface area contributed by atoms with E-state index < -0.39 is 0 Å². The molecule has 0 spiro atoms.